The molecule has 2 N–H and O–H groups in total. The summed E-state index contributed by atoms with van der Waals surface area (Å²) in [5.74, 6) is -0.0774. The van der Waals surface area contributed by atoms with Gasteiger partial charge in [-0.3, -0.25) is 9.59 Å². The average Bonchev–Trinajstić information content (AvgIpc) is 2.81. The molecule has 2 aromatic rings. The number of hydrogen-bond acceptors (Lipinski definition) is 5. The molecule has 1 unspecified atom stereocenters. The molecule has 0 radical (unpaired) electrons. The zero-order chi connectivity index (χ0) is 28.0. The molecule has 37 heavy (non-hydrogen) atoms. The Kier molecular flexibility index (Phi) is 9.73. The van der Waals surface area contributed by atoms with E-state index in [9.17, 15) is 14.4 Å². The van der Waals surface area contributed by atoms with Crippen molar-refractivity contribution >= 4 is 23.6 Å². The summed E-state index contributed by atoms with van der Waals surface area (Å²) >= 11 is 0. The zero-order valence-electron chi connectivity index (χ0n) is 23.5. The molecule has 0 aliphatic rings. The number of hydrogen-bond donors (Lipinski definition) is 2. The Labute approximate surface area is 220 Å². The van der Waals surface area contributed by atoms with Crippen LogP contribution in [0.25, 0.3) is 0 Å². The number of rotatable bonds is 9. The van der Waals surface area contributed by atoms with E-state index in [2.05, 4.69) is 10.6 Å². The van der Waals surface area contributed by atoms with Crippen LogP contribution >= 0.6 is 0 Å². The second-order valence-corrected chi connectivity index (χ2v) is 10.7. The summed E-state index contributed by atoms with van der Waals surface area (Å²) in [4.78, 5) is 41.6. The van der Waals surface area contributed by atoms with Gasteiger partial charge in [0, 0.05) is 11.2 Å². The SMILES string of the molecule is CCC(C)(C)N(C(=O)CNC(=O)OC(C)(C)C)C(C(=O)Nc1ccc(OC)cc1)c1c(C)cccc1C. The molecule has 0 spiro atoms. The molecule has 0 aliphatic heterocycles. The van der Waals surface area contributed by atoms with E-state index < -0.39 is 29.2 Å². The maximum absolute atomic E-state index is 14.0. The minimum absolute atomic E-state index is 0.310. The molecule has 0 saturated carbocycles. The maximum atomic E-state index is 14.0. The van der Waals surface area contributed by atoms with E-state index in [1.54, 1.807) is 57.0 Å². The molecule has 0 aliphatic carbocycles. The summed E-state index contributed by atoms with van der Waals surface area (Å²) in [5.41, 5.74) is 1.70. The zero-order valence-corrected chi connectivity index (χ0v) is 23.5. The fourth-order valence-corrected chi connectivity index (χ4v) is 4.07. The van der Waals surface area contributed by atoms with E-state index in [4.69, 9.17) is 9.47 Å². The van der Waals surface area contributed by atoms with Gasteiger partial charge < -0.3 is 25.0 Å². The normalized spacial score (nSPS) is 12.4. The van der Waals surface area contributed by atoms with Crippen molar-refractivity contribution in [3.63, 3.8) is 0 Å². The third-order valence-corrected chi connectivity index (χ3v) is 6.25. The van der Waals surface area contributed by atoms with Crippen LogP contribution in [0.1, 0.15) is 70.7 Å². The molecule has 2 rings (SSSR count). The van der Waals surface area contributed by atoms with E-state index in [-0.39, 0.29) is 12.5 Å². The van der Waals surface area contributed by atoms with Gasteiger partial charge in [-0.1, -0.05) is 25.1 Å². The van der Waals surface area contributed by atoms with Crippen LogP contribution in [0.15, 0.2) is 42.5 Å². The van der Waals surface area contributed by atoms with Gasteiger partial charge in [0.05, 0.1) is 7.11 Å². The Morgan fingerprint density at radius 3 is 2.00 bits per heavy atom. The van der Waals surface area contributed by atoms with Gasteiger partial charge in [-0.15, -0.1) is 0 Å². The molecule has 0 aromatic heterocycles. The minimum Gasteiger partial charge on any atom is -0.497 e. The molecule has 2 aromatic carbocycles. The molecule has 3 amide bonds. The Bertz CT molecular complexity index is 1080. The van der Waals surface area contributed by atoms with Crippen molar-refractivity contribution in [3.05, 3.63) is 59.2 Å². The number of alkyl carbamates (subject to hydrolysis) is 1. The van der Waals surface area contributed by atoms with Gasteiger partial charge >= 0.3 is 6.09 Å². The van der Waals surface area contributed by atoms with E-state index >= 15 is 0 Å². The van der Waals surface area contributed by atoms with E-state index in [0.717, 1.165) is 16.7 Å². The number of anilines is 1. The highest BCUT2D eigenvalue weighted by Crippen LogP contribution is 2.35. The fourth-order valence-electron chi connectivity index (χ4n) is 4.07. The van der Waals surface area contributed by atoms with Gasteiger partial charge in [-0.2, -0.15) is 0 Å². The standard InChI is InChI=1S/C29H41N3O5/c1-10-29(7,8)32(23(33)18-30-27(35)37-28(4,5)6)25(24-19(2)12-11-13-20(24)3)26(34)31-21-14-16-22(36-9)17-15-21/h11-17,25H,10,18H2,1-9H3,(H,30,35)(H,31,34). The first-order chi connectivity index (χ1) is 17.2. The van der Waals surface area contributed by atoms with Gasteiger partial charge in [0.2, 0.25) is 5.91 Å². The first-order valence-electron chi connectivity index (χ1n) is 12.5. The third kappa shape index (κ3) is 7.97. The minimum atomic E-state index is -0.939. The average molecular weight is 512 g/mol. The monoisotopic (exact) mass is 511 g/mol. The largest absolute Gasteiger partial charge is 0.497 e. The smallest absolute Gasteiger partial charge is 0.408 e. The van der Waals surface area contributed by atoms with Gasteiger partial charge in [0.25, 0.3) is 5.91 Å². The Balaban J connectivity index is 2.52. The molecule has 8 heteroatoms. The van der Waals surface area contributed by atoms with Gasteiger partial charge in [0.1, 0.15) is 23.9 Å². The number of nitrogens with one attached hydrogen (secondary N) is 2. The van der Waals surface area contributed by atoms with Gasteiger partial charge in [0.15, 0.2) is 0 Å². The number of methoxy groups -OCH3 is 1. The number of nitrogens with zero attached hydrogens (tertiary/aromatic N) is 1. The Morgan fingerprint density at radius 1 is 0.946 bits per heavy atom. The molecule has 0 heterocycles. The van der Waals surface area contributed by atoms with Crippen molar-refractivity contribution in [2.24, 2.45) is 0 Å². The van der Waals surface area contributed by atoms with Crippen molar-refractivity contribution in [2.75, 3.05) is 19.0 Å². The lowest BCUT2D eigenvalue weighted by Crippen LogP contribution is -2.55. The lowest BCUT2D eigenvalue weighted by atomic mass is 9.89. The molecule has 0 fully saturated rings. The van der Waals surface area contributed by atoms with Crippen LogP contribution in [0.5, 0.6) is 5.75 Å². The molecular formula is C29H41N3O5. The predicted molar refractivity (Wildman–Crippen MR) is 146 cm³/mol. The summed E-state index contributed by atoms with van der Waals surface area (Å²) in [6, 6.07) is 11.9. The first kappa shape index (κ1) is 29.7. The summed E-state index contributed by atoms with van der Waals surface area (Å²) < 4.78 is 10.5. The van der Waals surface area contributed by atoms with E-state index in [1.165, 1.54) is 0 Å². The van der Waals surface area contributed by atoms with Crippen LogP contribution in [-0.4, -0.2) is 47.6 Å². The molecule has 202 valence electrons. The summed E-state index contributed by atoms with van der Waals surface area (Å²) in [5, 5.41) is 5.53. The van der Waals surface area contributed by atoms with Crippen molar-refractivity contribution in [1.29, 1.82) is 0 Å². The Morgan fingerprint density at radius 2 is 1.51 bits per heavy atom. The van der Waals surface area contributed by atoms with Crippen LogP contribution in [0.3, 0.4) is 0 Å². The molecule has 1 atom stereocenters. The lowest BCUT2D eigenvalue weighted by Gasteiger charge is -2.44. The van der Waals surface area contributed by atoms with Crippen molar-refractivity contribution in [3.8, 4) is 5.75 Å². The fraction of sp³-hybridized carbons (Fsp3) is 0.483. The number of carbonyl (C=O) groups is 3. The summed E-state index contributed by atoms with van der Waals surface area (Å²) in [7, 11) is 1.58. The quantitative estimate of drug-likeness (QED) is 0.461. The van der Waals surface area contributed by atoms with Crippen LogP contribution in [0.4, 0.5) is 10.5 Å². The molecule has 0 saturated heterocycles. The second-order valence-electron chi connectivity index (χ2n) is 10.7. The first-order valence-corrected chi connectivity index (χ1v) is 12.5. The van der Waals surface area contributed by atoms with E-state index in [0.29, 0.717) is 17.9 Å². The van der Waals surface area contributed by atoms with Crippen LogP contribution < -0.4 is 15.4 Å². The third-order valence-electron chi connectivity index (χ3n) is 6.25. The van der Waals surface area contributed by atoms with Crippen molar-refractivity contribution in [2.45, 2.75) is 79.0 Å². The highest BCUT2D eigenvalue weighted by molar-refractivity contribution is 5.99. The van der Waals surface area contributed by atoms with Crippen LogP contribution in [0.2, 0.25) is 0 Å². The van der Waals surface area contributed by atoms with Gasteiger partial charge in [-0.25, -0.2) is 4.79 Å². The number of benzene rings is 2. The Hall–Kier alpha value is -3.55. The highest BCUT2D eigenvalue weighted by Gasteiger charge is 2.41. The summed E-state index contributed by atoms with van der Waals surface area (Å²) in [6.07, 6.45) is -0.107. The van der Waals surface area contributed by atoms with Crippen molar-refractivity contribution < 1.29 is 23.9 Å². The number of carbonyl (C=O) groups excluding carboxylic acids is 3. The number of aryl methyl sites for hydroxylation is 2. The van der Waals surface area contributed by atoms with Crippen molar-refractivity contribution in [1.82, 2.24) is 10.2 Å². The van der Waals surface area contributed by atoms with Crippen LogP contribution in [-0.2, 0) is 14.3 Å². The maximum Gasteiger partial charge on any atom is 0.408 e. The van der Waals surface area contributed by atoms with E-state index in [1.807, 2.05) is 52.8 Å². The van der Waals surface area contributed by atoms with Gasteiger partial charge in [-0.05, 0) is 95.8 Å². The number of amides is 3. The summed E-state index contributed by atoms with van der Waals surface area (Å²) in [6.45, 7) is 14.6. The van der Waals surface area contributed by atoms with Crippen LogP contribution in [0, 0.1) is 13.8 Å². The predicted octanol–water partition coefficient (Wildman–Crippen LogP) is 5.53. The number of ether oxygens (including phenoxy) is 2. The second kappa shape index (κ2) is 12.1. The molecule has 0 bridgehead atoms. The lowest BCUT2D eigenvalue weighted by molar-refractivity contribution is -0.145. The molecule has 8 nitrogen and oxygen atoms in total. The topological polar surface area (TPSA) is 97.0 Å². The molecular weight excluding hydrogens is 470 g/mol. The highest BCUT2D eigenvalue weighted by atomic mass is 16.6.